The molecule has 0 aliphatic heterocycles. The van der Waals surface area contributed by atoms with E-state index < -0.39 is 29.1 Å². The minimum Gasteiger partial charge on any atom is -0.480 e. The summed E-state index contributed by atoms with van der Waals surface area (Å²) in [5.41, 5.74) is 0.591. The van der Waals surface area contributed by atoms with Crippen molar-refractivity contribution in [2.24, 2.45) is 0 Å². The zero-order valence-corrected chi connectivity index (χ0v) is 13.2. The summed E-state index contributed by atoms with van der Waals surface area (Å²) in [5, 5.41) is 12.5. The molecule has 22 heavy (non-hydrogen) atoms. The first kappa shape index (κ1) is 16.9. The summed E-state index contributed by atoms with van der Waals surface area (Å²) < 4.78 is 27.6. The van der Waals surface area contributed by atoms with Crippen LogP contribution >= 0.6 is 0 Å². The smallest absolute Gasteiger partial charge is 0.320 e. The molecule has 1 aromatic carbocycles. The molecule has 0 saturated heterocycles. The molecule has 2 atom stereocenters. The fourth-order valence-electron chi connectivity index (χ4n) is 3.48. The van der Waals surface area contributed by atoms with Crippen LogP contribution in [0, 0.1) is 11.6 Å². The maximum Gasteiger partial charge on any atom is 0.320 e. The molecule has 0 aromatic heterocycles. The van der Waals surface area contributed by atoms with E-state index in [1.54, 1.807) is 0 Å². The Bertz CT molecular complexity index is 572. The van der Waals surface area contributed by atoms with Crippen LogP contribution in [-0.2, 0) is 16.6 Å². The van der Waals surface area contributed by atoms with Crippen molar-refractivity contribution < 1.29 is 18.7 Å². The van der Waals surface area contributed by atoms with Crippen molar-refractivity contribution in [3.05, 3.63) is 34.9 Å². The Labute approximate surface area is 129 Å². The number of hydrogen-bond acceptors (Lipinski definition) is 2. The van der Waals surface area contributed by atoms with Gasteiger partial charge in [0.25, 0.3) is 0 Å². The zero-order valence-electron chi connectivity index (χ0n) is 13.2. The summed E-state index contributed by atoms with van der Waals surface area (Å²) in [6, 6.07) is 1.49. The van der Waals surface area contributed by atoms with Crippen molar-refractivity contribution in [2.45, 2.75) is 64.0 Å². The number of rotatable bonds is 5. The SMILES string of the molecule is CCCC(NC1CCc2cc(F)cc(F)c2C1(C)C)C(=O)O. The Morgan fingerprint density at radius 2 is 2.14 bits per heavy atom. The first-order valence-corrected chi connectivity index (χ1v) is 7.74. The Morgan fingerprint density at radius 3 is 2.73 bits per heavy atom. The molecule has 2 unspecified atom stereocenters. The average Bonchev–Trinajstić information content (AvgIpc) is 2.39. The van der Waals surface area contributed by atoms with Gasteiger partial charge in [0.2, 0.25) is 0 Å². The molecule has 0 radical (unpaired) electrons. The van der Waals surface area contributed by atoms with Gasteiger partial charge in [-0.25, -0.2) is 8.78 Å². The topological polar surface area (TPSA) is 49.3 Å². The highest BCUT2D eigenvalue weighted by Gasteiger charge is 2.40. The maximum absolute atomic E-state index is 14.3. The second kappa shape index (κ2) is 6.32. The number of fused-ring (bicyclic) bond motifs is 1. The Kier molecular flexibility index (Phi) is 4.85. The van der Waals surface area contributed by atoms with Gasteiger partial charge in [0.05, 0.1) is 0 Å². The number of hydrogen-bond donors (Lipinski definition) is 2. The number of aryl methyl sites for hydroxylation is 1. The molecule has 0 bridgehead atoms. The summed E-state index contributed by atoms with van der Waals surface area (Å²) in [6.45, 7) is 5.70. The third kappa shape index (κ3) is 3.14. The Morgan fingerprint density at radius 1 is 1.45 bits per heavy atom. The summed E-state index contributed by atoms with van der Waals surface area (Å²) in [6.07, 6.45) is 2.49. The quantitative estimate of drug-likeness (QED) is 0.876. The molecule has 1 aliphatic rings. The van der Waals surface area contributed by atoms with E-state index >= 15 is 0 Å². The van der Waals surface area contributed by atoms with Gasteiger partial charge in [0.15, 0.2) is 0 Å². The molecule has 3 nitrogen and oxygen atoms in total. The summed E-state index contributed by atoms with van der Waals surface area (Å²) in [7, 11) is 0. The fourth-order valence-corrected chi connectivity index (χ4v) is 3.48. The van der Waals surface area contributed by atoms with E-state index in [4.69, 9.17) is 0 Å². The number of carboxylic acids is 1. The summed E-state index contributed by atoms with van der Waals surface area (Å²) >= 11 is 0. The lowest BCUT2D eigenvalue weighted by Gasteiger charge is -2.42. The van der Waals surface area contributed by atoms with Gasteiger partial charge >= 0.3 is 5.97 Å². The standard InChI is InChI=1S/C17H23F2NO2/c1-4-5-13(16(21)22)20-14-7-6-10-8-11(18)9-12(19)15(10)17(14,2)3/h8-9,13-14,20H,4-7H2,1-3H3,(H,21,22). The van der Waals surface area contributed by atoms with Gasteiger partial charge in [-0.3, -0.25) is 4.79 Å². The van der Waals surface area contributed by atoms with Crippen LogP contribution in [0.4, 0.5) is 8.78 Å². The molecule has 0 amide bonds. The van der Waals surface area contributed by atoms with Crippen molar-refractivity contribution in [2.75, 3.05) is 0 Å². The second-order valence-electron chi connectivity index (χ2n) is 6.58. The van der Waals surface area contributed by atoms with Crippen LogP contribution in [0.2, 0.25) is 0 Å². The molecule has 0 heterocycles. The normalized spacial score (nSPS) is 21.2. The van der Waals surface area contributed by atoms with Crippen LogP contribution in [-0.4, -0.2) is 23.2 Å². The molecule has 5 heteroatoms. The van der Waals surface area contributed by atoms with Crippen molar-refractivity contribution in [1.82, 2.24) is 5.32 Å². The van der Waals surface area contributed by atoms with Gasteiger partial charge in [-0.15, -0.1) is 0 Å². The van der Waals surface area contributed by atoms with E-state index in [-0.39, 0.29) is 6.04 Å². The third-order valence-corrected chi connectivity index (χ3v) is 4.63. The van der Waals surface area contributed by atoms with Gasteiger partial charge in [0, 0.05) is 17.5 Å². The van der Waals surface area contributed by atoms with E-state index in [2.05, 4.69) is 5.32 Å². The highest BCUT2D eigenvalue weighted by Crippen LogP contribution is 2.39. The largest absolute Gasteiger partial charge is 0.480 e. The molecule has 0 spiro atoms. The monoisotopic (exact) mass is 311 g/mol. The summed E-state index contributed by atoms with van der Waals surface area (Å²) in [5.74, 6) is -2.00. The van der Waals surface area contributed by atoms with Crippen molar-refractivity contribution >= 4 is 5.97 Å². The van der Waals surface area contributed by atoms with E-state index in [0.29, 0.717) is 30.4 Å². The van der Waals surface area contributed by atoms with E-state index in [0.717, 1.165) is 12.5 Å². The minimum atomic E-state index is -0.886. The van der Waals surface area contributed by atoms with Crippen LogP contribution in [0.5, 0.6) is 0 Å². The van der Waals surface area contributed by atoms with Gasteiger partial charge < -0.3 is 10.4 Å². The molecule has 2 N–H and O–H groups in total. The Hall–Kier alpha value is -1.49. The maximum atomic E-state index is 14.3. The highest BCUT2D eigenvalue weighted by molar-refractivity contribution is 5.73. The predicted molar refractivity (Wildman–Crippen MR) is 81.0 cm³/mol. The lowest BCUT2D eigenvalue weighted by Crippen LogP contribution is -2.54. The number of halogens is 2. The lowest BCUT2D eigenvalue weighted by atomic mass is 9.68. The van der Waals surface area contributed by atoms with Gasteiger partial charge in [-0.1, -0.05) is 27.2 Å². The van der Waals surface area contributed by atoms with E-state index in [9.17, 15) is 18.7 Å². The third-order valence-electron chi connectivity index (χ3n) is 4.63. The molecule has 1 aromatic rings. The molecular weight excluding hydrogens is 288 g/mol. The Balaban J connectivity index is 2.31. The number of nitrogens with one attached hydrogen (secondary N) is 1. The van der Waals surface area contributed by atoms with Gasteiger partial charge in [0.1, 0.15) is 17.7 Å². The number of carbonyl (C=O) groups is 1. The molecular formula is C17H23F2NO2. The minimum absolute atomic E-state index is 0.160. The number of benzene rings is 1. The fraction of sp³-hybridized carbons (Fsp3) is 0.588. The molecule has 0 saturated carbocycles. The van der Waals surface area contributed by atoms with Crippen LogP contribution in [0.1, 0.15) is 51.2 Å². The van der Waals surface area contributed by atoms with Crippen LogP contribution in [0.25, 0.3) is 0 Å². The van der Waals surface area contributed by atoms with Crippen LogP contribution in [0.15, 0.2) is 12.1 Å². The van der Waals surface area contributed by atoms with Crippen molar-refractivity contribution in [3.8, 4) is 0 Å². The van der Waals surface area contributed by atoms with Gasteiger partial charge in [-0.2, -0.15) is 0 Å². The molecule has 0 fully saturated rings. The first-order valence-electron chi connectivity index (χ1n) is 7.74. The lowest BCUT2D eigenvalue weighted by molar-refractivity contribution is -0.140. The average molecular weight is 311 g/mol. The molecule has 122 valence electrons. The predicted octanol–water partition coefficient (Wildman–Crippen LogP) is 3.40. The number of aliphatic carboxylic acids is 1. The molecule has 1 aliphatic carbocycles. The molecule has 2 rings (SSSR count). The second-order valence-corrected chi connectivity index (χ2v) is 6.58. The highest BCUT2D eigenvalue weighted by atomic mass is 19.1. The number of carboxylic acid groups (broad SMARTS) is 1. The zero-order chi connectivity index (χ0) is 16.5. The first-order chi connectivity index (χ1) is 10.3. The van der Waals surface area contributed by atoms with E-state index in [1.165, 1.54) is 6.07 Å². The van der Waals surface area contributed by atoms with Crippen LogP contribution in [0.3, 0.4) is 0 Å². The van der Waals surface area contributed by atoms with Gasteiger partial charge in [-0.05, 0) is 36.5 Å². The van der Waals surface area contributed by atoms with Crippen LogP contribution < -0.4 is 5.32 Å². The van der Waals surface area contributed by atoms with Crippen molar-refractivity contribution in [1.29, 1.82) is 0 Å². The summed E-state index contributed by atoms with van der Waals surface area (Å²) in [4.78, 5) is 11.3. The van der Waals surface area contributed by atoms with Crippen molar-refractivity contribution in [3.63, 3.8) is 0 Å². The van der Waals surface area contributed by atoms with E-state index in [1.807, 2.05) is 20.8 Å².